The van der Waals surface area contributed by atoms with Gasteiger partial charge in [-0.25, -0.2) is 4.68 Å². The van der Waals surface area contributed by atoms with E-state index in [0.29, 0.717) is 24.6 Å². The normalized spacial score (nSPS) is 16.6. The van der Waals surface area contributed by atoms with Crippen molar-refractivity contribution in [1.29, 1.82) is 0 Å². The number of rotatable bonds is 4. The van der Waals surface area contributed by atoms with Gasteiger partial charge in [-0.2, -0.15) is 5.10 Å². The van der Waals surface area contributed by atoms with Crippen molar-refractivity contribution in [2.45, 2.75) is 44.7 Å². The molecule has 0 radical (unpaired) electrons. The predicted molar refractivity (Wildman–Crippen MR) is 68.9 cm³/mol. The number of carbonyl (C=O) groups excluding carboxylic acids is 1. The molecule has 1 fully saturated rings. The Labute approximate surface area is 111 Å². The highest BCUT2D eigenvalue weighted by atomic mass is 16.1. The smallest absolute Gasteiger partial charge is 0.171 e. The van der Waals surface area contributed by atoms with Gasteiger partial charge in [0.2, 0.25) is 0 Å². The standard InChI is InChI=1S/C13H17N5O/c19-10-12-9-17(16-14-12)8-11-6-7-18(15-11)13-4-2-1-3-5-13/h6-7,9-10,13H,1-5,8H2. The maximum absolute atomic E-state index is 10.5. The molecule has 0 amide bonds. The minimum atomic E-state index is 0.353. The Morgan fingerprint density at radius 2 is 2.16 bits per heavy atom. The summed E-state index contributed by atoms with van der Waals surface area (Å²) in [6, 6.07) is 2.56. The van der Waals surface area contributed by atoms with Crippen LogP contribution in [0.15, 0.2) is 18.5 Å². The van der Waals surface area contributed by atoms with Gasteiger partial charge in [-0.1, -0.05) is 24.5 Å². The van der Waals surface area contributed by atoms with Crippen LogP contribution in [0.25, 0.3) is 0 Å². The van der Waals surface area contributed by atoms with Crippen LogP contribution in [0, 0.1) is 0 Å². The van der Waals surface area contributed by atoms with E-state index in [1.54, 1.807) is 10.9 Å². The number of hydrogen-bond acceptors (Lipinski definition) is 4. The number of nitrogens with zero attached hydrogens (tertiary/aromatic N) is 5. The lowest BCUT2D eigenvalue weighted by Gasteiger charge is -2.21. The van der Waals surface area contributed by atoms with Gasteiger partial charge in [0.25, 0.3) is 0 Å². The van der Waals surface area contributed by atoms with Crippen LogP contribution in [-0.2, 0) is 6.54 Å². The Morgan fingerprint density at radius 3 is 2.89 bits per heavy atom. The first-order valence-electron chi connectivity index (χ1n) is 6.74. The zero-order chi connectivity index (χ0) is 13.1. The van der Waals surface area contributed by atoms with Crippen molar-refractivity contribution in [3.8, 4) is 0 Å². The van der Waals surface area contributed by atoms with Crippen LogP contribution in [0.5, 0.6) is 0 Å². The van der Waals surface area contributed by atoms with Crippen molar-refractivity contribution >= 4 is 6.29 Å². The van der Waals surface area contributed by atoms with Gasteiger partial charge in [0.15, 0.2) is 6.29 Å². The van der Waals surface area contributed by atoms with Gasteiger partial charge >= 0.3 is 0 Å². The van der Waals surface area contributed by atoms with Crippen molar-refractivity contribution in [2.24, 2.45) is 0 Å². The topological polar surface area (TPSA) is 65.6 Å². The second-order valence-electron chi connectivity index (χ2n) is 5.04. The summed E-state index contributed by atoms with van der Waals surface area (Å²) in [7, 11) is 0. The van der Waals surface area contributed by atoms with Gasteiger partial charge in [-0.3, -0.25) is 9.48 Å². The van der Waals surface area contributed by atoms with E-state index >= 15 is 0 Å². The second kappa shape index (κ2) is 5.34. The average molecular weight is 259 g/mol. The maximum atomic E-state index is 10.5. The number of hydrogen-bond donors (Lipinski definition) is 0. The van der Waals surface area contributed by atoms with Crippen LogP contribution >= 0.6 is 0 Å². The quantitative estimate of drug-likeness (QED) is 0.786. The minimum Gasteiger partial charge on any atom is -0.296 e. The summed E-state index contributed by atoms with van der Waals surface area (Å²) in [6.45, 7) is 0.556. The number of aldehydes is 1. The van der Waals surface area contributed by atoms with E-state index in [2.05, 4.69) is 20.1 Å². The van der Waals surface area contributed by atoms with Gasteiger partial charge in [0.1, 0.15) is 5.69 Å². The highest BCUT2D eigenvalue weighted by Crippen LogP contribution is 2.27. The Balaban J connectivity index is 1.68. The van der Waals surface area contributed by atoms with Crippen molar-refractivity contribution < 1.29 is 4.79 Å². The summed E-state index contributed by atoms with van der Waals surface area (Å²) in [5, 5.41) is 12.2. The molecule has 6 nitrogen and oxygen atoms in total. The fourth-order valence-corrected chi connectivity index (χ4v) is 2.62. The first-order valence-corrected chi connectivity index (χ1v) is 6.74. The molecule has 2 aromatic heterocycles. The summed E-state index contributed by atoms with van der Waals surface area (Å²) < 4.78 is 3.71. The SMILES string of the molecule is O=Cc1cn(Cc2ccn(C3CCCCC3)n2)nn1. The van der Waals surface area contributed by atoms with Crippen molar-refractivity contribution in [3.05, 3.63) is 29.8 Å². The largest absolute Gasteiger partial charge is 0.296 e. The van der Waals surface area contributed by atoms with Crippen LogP contribution in [0.2, 0.25) is 0 Å². The van der Waals surface area contributed by atoms with Crippen LogP contribution in [0.1, 0.15) is 54.3 Å². The van der Waals surface area contributed by atoms with Crippen LogP contribution in [0.4, 0.5) is 0 Å². The highest BCUT2D eigenvalue weighted by molar-refractivity contribution is 5.70. The molecule has 2 heterocycles. The molecule has 0 saturated heterocycles. The average Bonchev–Trinajstić information content (AvgIpc) is 3.09. The lowest BCUT2D eigenvalue weighted by molar-refractivity contribution is 0.111. The molecule has 2 aromatic rings. The number of carbonyl (C=O) groups is 1. The van der Waals surface area contributed by atoms with Crippen molar-refractivity contribution in [2.75, 3.05) is 0 Å². The maximum Gasteiger partial charge on any atom is 0.171 e. The van der Waals surface area contributed by atoms with E-state index in [9.17, 15) is 4.79 Å². The third-order valence-corrected chi connectivity index (χ3v) is 3.61. The van der Waals surface area contributed by atoms with Gasteiger partial charge < -0.3 is 0 Å². The molecule has 0 bridgehead atoms. The van der Waals surface area contributed by atoms with Crippen LogP contribution in [0.3, 0.4) is 0 Å². The van der Waals surface area contributed by atoms with Crippen molar-refractivity contribution in [3.63, 3.8) is 0 Å². The van der Waals surface area contributed by atoms with E-state index in [-0.39, 0.29) is 0 Å². The molecule has 0 aliphatic heterocycles. The summed E-state index contributed by atoms with van der Waals surface area (Å²) in [6.07, 6.45) is 10.8. The van der Waals surface area contributed by atoms with E-state index in [0.717, 1.165) is 5.69 Å². The molecule has 100 valence electrons. The Hall–Kier alpha value is -1.98. The Kier molecular flexibility index (Phi) is 3.39. The zero-order valence-electron chi connectivity index (χ0n) is 10.8. The highest BCUT2D eigenvalue weighted by Gasteiger charge is 2.16. The third-order valence-electron chi connectivity index (χ3n) is 3.61. The molecule has 0 aromatic carbocycles. The molecule has 6 heteroatoms. The summed E-state index contributed by atoms with van der Waals surface area (Å²) in [4.78, 5) is 10.5. The van der Waals surface area contributed by atoms with Gasteiger partial charge in [0, 0.05) is 6.20 Å². The van der Waals surface area contributed by atoms with E-state index in [1.165, 1.54) is 32.1 Å². The molecule has 0 atom stereocenters. The van der Waals surface area contributed by atoms with E-state index < -0.39 is 0 Å². The van der Waals surface area contributed by atoms with Crippen LogP contribution in [-0.4, -0.2) is 31.1 Å². The molecular formula is C13H17N5O. The van der Waals surface area contributed by atoms with E-state index in [4.69, 9.17) is 0 Å². The summed E-state index contributed by atoms with van der Waals surface area (Å²) in [5.74, 6) is 0. The Bertz CT molecular complexity index is 553. The van der Waals surface area contributed by atoms with Gasteiger partial charge in [0.05, 0.1) is 24.5 Å². The zero-order valence-corrected chi connectivity index (χ0v) is 10.8. The minimum absolute atomic E-state index is 0.353. The molecular weight excluding hydrogens is 242 g/mol. The number of aromatic nitrogens is 5. The second-order valence-corrected chi connectivity index (χ2v) is 5.04. The van der Waals surface area contributed by atoms with Gasteiger partial charge in [-0.15, -0.1) is 5.10 Å². The molecule has 1 aliphatic carbocycles. The lowest BCUT2D eigenvalue weighted by Crippen LogP contribution is -2.13. The van der Waals surface area contributed by atoms with Crippen molar-refractivity contribution in [1.82, 2.24) is 24.8 Å². The first kappa shape index (κ1) is 12.1. The first-order chi connectivity index (χ1) is 9.35. The summed E-state index contributed by atoms with van der Waals surface area (Å²) >= 11 is 0. The molecule has 0 N–H and O–H groups in total. The fraction of sp³-hybridized carbons (Fsp3) is 0.538. The van der Waals surface area contributed by atoms with Crippen LogP contribution < -0.4 is 0 Å². The van der Waals surface area contributed by atoms with Gasteiger partial charge in [-0.05, 0) is 18.9 Å². The fourth-order valence-electron chi connectivity index (χ4n) is 2.62. The molecule has 19 heavy (non-hydrogen) atoms. The summed E-state index contributed by atoms with van der Waals surface area (Å²) in [5.41, 5.74) is 1.31. The third kappa shape index (κ3) is 2.72. The van der Waals surface area contributed by atoms with E-state index in [1.807, 2.05) is 12.3 Å². The molecule has 0 spiro atoms. The molecule has 1 saturated carbocycles. The predicted octanol–water partition coefficient (Wildman–Crippen LogP) is 1.84. The molecule has 3 rings (SSSR count). The Morgan fingerprint density at radius 1 is 1.32 bits per heavy atom. The molecule has 1 aliphatic rings. The lowest BCUT2D eigenvalue weighted by atomic mass is 9.96. The molecule has 0 unspecified atom stereocenters. The monoisotopic (exact) mass is 259 g/mol.